The molecule has 1 amide bonds. The van der Waals surface area contributed by atoms with Crippen molar-refractivity contribution in [1.82, 2.24) is 4.72 Å². The van der Waals surface area contributed by atoms with E-state index < -0.39 is 10.0 Å². The first-order valence-electron chi connectivity index (χ1n) is 8.60. The molecule has 0 bridgehead atoms. The summed E-state index contributed by atoms with van der Waals surface area (Å²) in [5, 5.41) is 3.38. The van der Waals surface area contributed by atoms with Gasteiger partial charge in [-0.3, -0.25) is 4.79 Å². The quantitative estimate of drug-likeness (QED) is 0.452. The summed E-state index contributed by atoms with van der Waals surface area (Å²) in [6, 6.07) is 11.5. The number of thioether (sulfide) groups is 1. The summed E-state index contributed by atoms with van der Waals surface area (Å²) in [4.78, 5) is 12.9. The largest absolute Gasteiger partial charge is 0.492 e. The number of anilines is 1. The van der Waals surface area contributed by atoms with Gasteiger partial charge in [0.2, 0.25) is 15.9 Å². The summed E-state index contributed by atoms with van der Waals surface area (Å²) in [5.74, 6) is 0.221. The molecule has 0 unspecified atom stereocenters. The Morgan fingerprint density at radius 3 is 2.46 bits per heavy atom. The molecule has 0 spiro atoms. The van der Waals surface area contributed by atoms with Crippen LogP contribution in [0.2, 0.25) is 5.02 Å². The van der Waals surface area contributed by atoms with E-state index in [0.29, 0.717) is 16.5 Å². The molecule has 0 atom stereocenters. The predicted molar refractivity (Wildman–Crippen MR) is 114 cm³/mol. The predicted octanol–water partition coefficient (Wildman–Crippen LogP) is 4.01. The van der Waals surface area contributed by atoms with Crippen molar-refractivity contribution in [3.63, 3.8) is 0 Å². The summed E-state index contributed by atoms with van der Waals surface area (Å²) in [6.45, 7) is 3.82. The molecule has 9 heteroatoms. The number of sulfonamides is 1. The summed E-state index contributed by atoms with van der Waals surface area (Å²) < 4.78 is 33.1. The van der Waals surface area contributed by atoms with Crippen LogP contribution in [0.4, 0.5) is 5.69 Å². The van der Waals surface area contributed by atoms with E-state index in [1.54, 1.807) is 44.2 Å². The topological polar surface area (TPSA) is 84.5 Å². The first kappa shape index (κ1) is 22.5. The molecule has 0 aliphatic carbocycles. The lowest BCUT2D eigenvalue weighted by atomic mass is 10.2. The molecule has 28 heavy (non-hydrogen) atoms. The maximum Gasteiger partial charge on any atom is 0.240 e. The van der Waals surface area contributed by atoms with Gasteiger partial charge >= 0.3 is 0 Å². The van der Waals surface area contributed by atoms with E-state index >= 15 is 0 Å². The fraction of sp³-hybridized carbons (Fsp3) is 0.316. The summed E-state index contributed by atoms with van der Waals surface area (Å²) in [5.41, 5.74) is 0.478. The minimum Gasteiger partial charge on any atom is -0.492 e. The molecule has 152 valence electrons. The molecule has 0 heterocycles. The Balaban J connectivity index is 2.03. The number of nitrogens with one attached hydrogen (secondary N) is 2. The van der Waals surface area contributed by atoms with Crippen LogP contribution in [-0.4, -0.2) is 33.7 Å². The van der Waals surface area contributed by atoms with Crippen LogP contribution in [0.15, 0.2) is 52.3 Å². The Kier molecular flexibility index (Phi) is 8.18. The van der Waals surface area contributed by atoms with E-state index in [9.17, 15) is 13.2 Å². The number of rotatable bonds is 9. The smallest absolute Gasteiger partial charge is 0.240 e. The second-order valence-corrected chi connectivity index (χ2v) is 9.26. The van der Waals surface area contributed by atoms with E-state index in [4.69, 9.17) is 16.3 Å². The third-order valence-corrected chi connectivity index (χ3v) is 6.25. The third-order valence-electron chi connectivity index (χ3n) is 3.74. The van der Waals surface area contributed by atoms with Crippen molar-refractivity contribution >= 4 is 45.0 Å². The zero-order valence-corrected chi connectivity index (χ0v) is 18.2. The number of carbonyl (C=O) groups excluding carboxylic acids is 1. The van der Waals surface area contributed by atoms with Crippen molar-refractivity contribution in [2.75, 3.05) is 24.7 Å². The summed E-state index contributed by atoms with van der Waals surface area (Å²) in [7, 11) is -3.74. The van der Waals surface area contributed by atoms with Gasteiger partial charge < -0.3 is 10.1 Å². The number of benzene rings is 2. The van der Waals surface area contributed by atoms with Gasteiger partial charge in [0.05, 0.1) is 10.6 Å². The zero-order valence-electron chi connectivity index (χ0n) is 15.9. The monoisotopic (exact) mass is 442 g/mol. The number of amides is 1. The van der Waals surface area contributed by atoms with Crippen LogP contribution in [0.5, 0.6) is 5.75 Å². The molecule has 2 aromatic rings. The van der Waals surface area contributed by atoms with Gasteiger partial charge in [-0.25, -0.2) is 13.1 Å². The summed E-state index contributed by atoms with van der Waals surface area (Å²) in [6.07, 6.45) is 1.86. The molecule has 0 aliphatic heterocycles. The van der Waals surface area contributed by atoms with Gasteiger partial charge in [0, 0.05) is 22.4 Å². The van der Waals surface area contributed by atoms with Crippen LogP contribution in [0.25, 0.3) is 0 Å². The lowest BCUT2D eigenvalue weighted by molar-refractivity contribution is -0.118. The van der Waals surface area contributed by atoms with Gasteiger partial charge in [-0.15, -0.1) is 11.8 Å². The van der Waals surface area contributed by atoms with Gasteiger partial charge in [0.1, 0.15) is 12.4 Å². The van der Waals surface area contributed by atoms with Crippen LogP contribution in [-0.2, 0) is 14.8 Å². The first-order valence-corrected chi connectivity index (χ1v) is 11.7. The molecule has 2 aromatic carbocycles. The SMILES string of the molecule is CSc1ccc(S(=O)(=O)NCCOc2ccc(Cl)cc2)cc1NC(=O)C(C)C. The van der Waals surface area contributed by atoms with Gasteiger partial charge in [-0.1, -0.05) is 25.4 Å². The van der Waals surface area contributed by atoms with Gasteiger partial charge in [-0.05, 0) is 48.7 Å². The number of ether oxygens (including phenoxy) is 1. The molecule has 0 fully saturated rings. The molecule has 0 aliphatic rings. The van der Waals surface area contributed by atoms with E-state index in [1.807, 2.05) is 6.26 Å². The average molecular weight is 443 g/mol. The van der Waals surface area contributed by atoms with E-state index in [2.05, 4.69) is 10.0 Å². The highest BCUT2D eigenvalue weighted by Gasteiger charge is 2.17. The lowest BCUT2D eigenvalue weighted by Crippen LogP contribution is -2.28. The highest BCUT2D eigenvalue weighted by atomic mass is 35.5. The normalized spacial score (nSPS) is 11.5. The Bertz CT molecular complexity index is 916. The number of hydrogen-bond donors (Lipinski definition) is 2. The Morgan fingerprint density at radius 1 is 1.18 bits per heavy atom. The molecule has 0 radical (unpaired) electrons. The maximum absolute atomic E-state index is 12.6. The van der Waals surface area contributed by atoms with Crippen molar-refractivity contribution in [3.05, 3.63) is 47.5 Å². The Hall–Kier alpha value is -1.74. The second kappa shape index (κ2) is 10.2. The minimum absolute atomic E-state index is 0.0795. The molecule has 0 aromatic heterocycles. The van der Waals surface area contributed by atoms with Crippen molar-refractivity contribution < 1.29 is 17.9 Å². The van der Waals surface area contributed by atoms with Gasteiger partial charge in [-0.2, -0.15) is 0 Å². The van der Waals surface area contributed by atoms with E-state index in [-0.39, 0.29) is 29.9 Å². The highest BCUT2D eigenvalue weighted by molar-refractivity contribution is 7.98. The molecule has 2 N–H and O–H groups in total. The standard InChI is InChI=1S/C19H23ClN2O4S2/c1-13(2)19(23)22-17-12-16(8-9-18(17)27-3)28(24,25)21-10-11-26-15-6-4-14(20)5-7-15/h4-9,12-13,21H,10-11H2,1-3H3,(H,22,23). The minimum atomic E-state index is -3.74. The maximum atomic E-state index is 12.6. The molecular weight excluding hydrogens is 420 g/mol. The fourth-order valence-electron chi connectivity index (χ4n) is 2.19. The first-order chi connectivity index (χ1) is 13.2. The second-order valence-electron chi connectivity index (χ2n) is 6.21. The zero-order chi connectivity index (χ0) is 20.7. The van der Waals surface area contributed by atoms with Crippen LogP contribution in [0, 0.1) is 5.92 Å². The van der Waals surface area contributed by atoms with Crippen LogP contribution in [0.3, 0.4) is 0 Å². The fourth-order valence-corrected chi connectivity index (χ4v) is 3.89. The third kappa shape index (κ3) is 6.41. The number of hydrogen-bond acceptors (Lipinski definition) is 5. The number of halogens is 1. The van der Waals surface area contributed by atoms with Crippen LogP contribution in [0.1, 0.15) is 13.8 Å². The van der Waals surface area contributed by atoms with Crippen molar-refractivity contribution in [1.29, 1.82) is 0 Å². The van der Waals surface area contributed by atoms with Crippen molar-refractivity contribution in [2.24, 2.45) is 5.92 Å². The van der Waals surface area contributed by atoms with Crippen molar-refractivity contribution in [3.8, 4) is 5.75 Å². The average Bonchev–Trinajstić information content (AvgIpc) is 2.66. The number of carbonyl (C=O) groups is 1. The van der Waals surface area contributed by atoms with Crippen LogP contribution >= 0.6 is 23.4 Å². The Labute approximate surface area is 175 Å². The molecule has 0 saturated carbocycles. The van der Waals surface area contributed by atoms with E-state index in [1.165, 1.54) is 23.9 Å². The van der Waals surface area contributed by atoms with E-state index in [0.717, 1.165) is 4.90 Å². The van der Waals surface area contributed by atoms with Gasteiger partial charge in [0.15, 0.2) is 0 Å². The van der Waals surface area contributed by atoms with Crippen molar-refractivity contribution in [2.45, 2.75) is 23.6 Å². The van der Waals surface area contributed by atoms with Crippen LogP contribution < -0.4 is 14.8 Å². The molecule has 0 saturated heterocycles. The molecule has 6 nitrogen and oxygen atoms in total. The molecular formula is C19H23ClN2O4S2. The summed E-state index contributed by atoms with van der Waals surface area (Å²) >= 11 is 7.24. The lowest BCUT2D eigenvalue weighted by Gasteiger charge is -2.14. The Morgan fingerprint density at radius 2 is 1.86 bits per heavy atom. The van der Waals surface area contributed by atoms with Gasteiger partial charge in [0.25, 0.3) is 0 Å². The highest BCUT2D eigenvalue weighted by Crippen LogP contribution is 2.28. The molecule has 2 rings (SSSR count).